The van der Waals surface area contributed by atoms with E-state index in [9.17, 15) is 0 Å². The fourth-order valence-corrected chi connectivity index (χ4v) is 2.90. The highest BCUT2D eigenvalue weighted by Gasteiger charge is 2.27. The van der Waals surface area contributed by atoms with E-state index in [4.69, 9.17) is 5.73 Å². The zero-order chi connectivity index (χ0) is 11.0. The van der Waals surface area contributed by atoms with Crippen molar-refractivity contribution in [3.8, 4) is 0 Å². The van der Waals surface area contributed by atoms with Gasteiger partial charge < -0.3 is 10.3 Å². The summed E-state index contributed by atoms with van der Waals surface area (Å²) < 4.78 is 2.14. The van der Waals surface area contributed by atoms with Crippen molar-refractivity contribution >= 4 is 0 Å². The quantitative estimate of drug-likeness (QED) is 0.776. The summed E-state index contributed by atoms with van der Waals surface area (Å²) in [6.45, 7) is 4.19. The van der Waals surface area contributed by atoms with Gasteiger partial charge in [0.15, 0.2) is 0 Å². The van der Waals surface area contributed by atoms with Gasteiger partial charge in [-0.3, -0.25) is 4.90 Å². The highest BCUT2D eigenvalue weighted by atomic mass is 15.3. The van der Waals surface area contributed by atoms with Crippen LogP contribution in [0.15, 0.2) is 6.33 Å². The number of hydrogen-bond acceptors (Lipinski definition) is 4. The monoisotopic (exact) mass is 221 g/mol. The van der Waals surface area contributed by atoms with Crippen molar-refractivity contribution in [2.45, 2.75) is 38.4 Å². The smallest absolute Gasteiger partial charge is 0.147 e. The molecule has 2 N–H and O–H groups in total. The van der Waals surface area contributed by atoms with Gasteiger partial charge >= 0.3 is 0 Å². The van der Waals surface area contributed by atoms with Crippen LogP contribution in [0.4, 0.5) is 0 Å². The van der Waals surface area contributed by atoms with Gasteiger partial charge in [0.05, 0.1) is 6.54 Å². The first-order chi connectivity index (χ1) is 7.83. The lowest BCUT2D eigenvalue weighted by atomic mass is 10.0. The van der Waals surface area contributed by atoms with Crippen molar-refractivity contribution in [3.05, 3.63) is 12.2 Å². The van der Waals surface area contributed by atoms with Gasteiger partial charge in [0.1, 0.15) is 12.2 Å². The first-order valence-corrected chi connectivity index (χ1v) is 6.17. The minimum Gasteiger partial charge on any atom is -0.327 e. The molecular weight excluding hydrogens is 202 g/mol. The van der Waals surface area contributed by atoms with Crippen molar-refractivity contribution in [2.75, 3.05) is 13.1 Å². The Morgan fingerprint density at radius 1 is 1.38 bits per heavy atom. The van der Waals surface area contributed by atoms with E-state index in [2.05, 4.69) is 19.7 Å². The number of nitrogens with zero attached hydrogens (tertiary/aromatic N) is 4. The van der Waals surface area contributed by atoms with Crippen LogP contribution in [0.2, 0.25) is 0 Å². The Morgan fingerprint density at radius 2 is 2.31 bits per heavy atom. The fraction of sp³-hybridized carbons (Fsp3) is 0.818. The first kappa shape index (κ1) is 10.2. The maximum Gasteiger partial charge on any atom is 0.147 e. The van der Waals surface area contributed by atoms with Crippen LogP contribution in [-0.4, -0.2) is 38.8 Å². The van der Waals surface area contributed by atoms with Gasteiger partial charge in [0.25, 0.3) is 0 Å². The Balaban J connectivity index is 1.61. The predicted molar refractivity (Wildman–Crippen MR) is 60.6 cm³/mol. The molecule has 2 unspecified atom stereocenters. The van der Waals surface area contributed by atoms with E-state index in [0.29, 0.717) is 12.0 Å². The summed E-state index contributed by atoms with van der Waals surface area (Å²) in [7, 11) is 0. The molecular formula is C11H19N5. The number of hydrogen-bond donors (Lipinski definition) is 1. The van der Waals surface area contributed by atoms with Crippen molar-refractivity contribution in [3.63, 3.8) is 0 Å². The minimum absolute atomic E-state index is 0.416. The van der Waals surface area contributed by atoms with E-state index in [1.165, 1.54) is 19.3 Å². The molecule has 1 aromatic rings. The van der Waals surface area contributed by atoms with E-state index in [-0.39, 0.29) is 0 Å². The lowest BCUT2D eigenvalue weighted by molar-refractivity contribution is 0.180. The molecule has 0 bridgehead atoms. The molecule has 1 fully saturated rings. The zero-order valence-corrected chi connectivity index (χ0v) is 9.55. The van der Waals surface area contributed by atoms with E-state index >= 15 is 0 Å². The standard InChI is InChI=1S/C11H19N5/c12-10-3-1-2-9(10)6-15-4-5-16-8-13-14-11(16)7-15/h8-10H,1-7,12H2. The molecule has 16 heavy (non-hydrogen) atoms. The van der Waals surface area contributed by atoms with Gasteiger partial charge in [-0.05, 0) is 18.8 Å². The summed E-state index contributed by atoms with van der Waals surface area (Å²) in [5.41, 5.74) is 6.11. The van der Waals surface area contributed by atoms with Crippen molar-refractivity contribution in [1.29, 1.82) is 0 Å². The molecule has 3 rings (SSSR count). The van der Waals surface area contributed by atoms with E-state index in [0.717, 1.165) is 32.0 Å². The summed E-state index contributed by atoms with van der Waals surface area (Å²) in [5, 5.41) is 8.09. The number of nitrogens with two attached hydrogens (primary N) is 1. The Hall–Kier alpha value is -0.940. The highest BCUT2D eigenvalue weighted by molar-refractivity contribution is 4.91. The lowest BCUT2D eigenvalue weighted by Crippen LogP contribution is -2.40. The van der Waals surface area contributed by atoms with Gasteiger partial charge in [0, 0.05) is 25.7 Å². The Kier molecular flexibility index (Phi) is 2.65. The van der Waals surface area contributed by atoms with Gasteiger partial charge in [-0.1, -0.05) is 6.42 Å². The van der Waals surface area contributed by atoms with Crippen molar-refractivity contribution < 1.29 is 0 Å². The molecule has 2 atom stereocenters. The number of rotatable bonds is 2. The normalized spacial score (nSPS) is 30.6. The Morgan fingerprint density at radius 3 is 3.12 bits per heavy atom. The van der Waals surface area contributed by atoms with Crippen LogP contribution in [0.3, 0.4) is 0 Å². The van der Waals surface area contributed by atoms with Crippen LogP contribution in [0, 0.1) is 5.92 Å². The van der Waals surface area contributed by atoms with Gasteiger partial charge in [0.2, 0.25) is 0 Å². The van der Waals surface area contributed by atoms with Gasteiger partial charge in [-0.25, -0.2) is 0 Å². The molecule has 5 nitrogen and oxygen atoms in total. The van der Waals surface area contributed by atoms with E-state index in [1.54, 1.807) is 0 Å². The average molecular weight is 221 g/mol. The van der Waals surface area contributed by atoms with Gasteiger partial charge in [-0.15, -0.1) is 10.2 Å². The Bertz CT molecular complexity index is 361. The fourth-order valence-electron chi connectivity index (χ4n) is 2.90. The molecule has 0 amide bonds. The SMILES string of the molecule is NC1CCCC1CN1CCn2cnnc2C1. The van der Waals surface area contributed by atoms with E-state index < -0.39 is 0 Å². The van der Waals surface area contributed by atoms with Crippen LogP contribution in [0.5, 0.6) is 0 Å². The summed E-state index contributed by atoms with van der Waals surface area (Å²) in [5.74, 6) is 1.78. The molecule has 2 aliphatic rings. The molecule has 88 valence electrons. The van der Waals surface area contributed by atoms with Crippen LogP contribution in [0.1, 0.15) is 25.1 Å². The third-order valence-electron chi connectivity index (χ3n) is 3.93. The molecule has 1 aliphatic carbocycles. The maximum absolute atomic E-state index is 6.11. The number of fused-ring (bicyclic) bond motifs is 1. The maximum atomic E-state index is 6.11. The minimum atomic E-state index is 0.416. The highest BCUT2D eigenvalue weighted by Crippen LogP contribution is 2.25. The molecule has 2 heterocycles. The summed E-state index contributed by atoms with van der Waals surface area (Å²) in [6, 6.07) is 0.416. The van der Waals surface area contributed by atoms with Crippen molar-refractivity contribution in [1.82, 2.24) is 19.7 Å². The molecule has 0 radical (unpaired) electrons. The van der Waals surface area contributed by atoms with Gasteiger partial charge in [-0.2, -0.15) is 0 Å². The first-order valence-electron chi connectivity index (χ1n) is 6.17. The summed E-state index contributed by atoms with van der Waals surface area (Å²) in [6.07, 6.45) is 5.63. The van der Waals surface area contributed by atoms with E-state index in [1.807, 2.05) is 6.33 Å². The molecule has 0 saturated heterocycles. The molecule has 0 aromatic carbocycles. The topological polar surface area (TPSA) is 60.0 Å². The van der Waals surface area contributed by atoms with Crippen LogP contribution >= 0.6 is 0 Å². The lowest BCUT2D eigenvalue weighted by Gasteiger charge is -2.30. The predicted octanol–water partition coefficient (Wildman–Crippen LogP) is 0.221. The van der Waals surface area contributed by atoms with Crippen molar-refractivity contribution in [2.24, 2.45) is 11.7 Å². The second kappa shape index (κ2) is 4.14. The van der Waals surface area contributed by atoms with Crippen LogP contribution in [0.25, 0.3) is 0 Å². The molecule has 5 heteroatoms. The largest absolute Gasteiger partial charge is 0.327 e. The molecule has 0 spiro atoms. The average Bonchev–Trinajstić information content (AvgIpc) is 2.88. The number of aromatic nitrogens is 3. The van der Waals surface area contributed by atoms with Crippen LogP contribution < -0.4 is 5.73 Å². The van der Waals surface area contributed by atoms with Crippen LogP contribution in [-0.2, 0) is 13.1 Å². The summed E-state index contributed by atoms with van der Waals surface area (Å²) in [4.78, 5) is 2.47. The summed E-state index contributed by atoms with van der Waals surface area (Å²) >= 11 is 0. The zero-order valence-electron chi connectivity index (χ0n) is 9.55. The molecule has 1 saturated carbocycles. The second-order valence-electron chi connectivity index (χ2n) is 5.03. The molecule has 1 aromatic heterocycles. The second-order valence-corrected chi connectivity index (χ2v) is 5.03. The Labute approximate surface area is 95.6 Å². The third-order valence-corrected chi connectivity index (χ3v) is 3.93. The molecule has 1 aliphatic heterocycles. The third kappa shape index (κ3) is 1.85.